The van der Waals surface area contributed by atoms with E-state index >= 15 is 0 Å². The topological polar surface area (TPSA) is 250 Å². The maximum Gasteiger partial charge on any atom is 0.270 e. The van der Waals surface area contributed by atoms with Crippen LogP contribution in [0.25, 0.3) is 11.0 Å². The zero-order valence-electron chi connectivity index (χ0n) is 38.5. The molecule has 0 aliphatic carbocycles. The van der Waals surface area contributed by atoms with Gasteiger partial charge in [0.25, 0.3) is 5.91 Å². The molecule has 8 rings (SSSR count). The number of carbonyl (C=O) groups is 4. The number of benzene rings is 1. The van der Waals surface area contributed by atoms with E-state index in [4.69, 9.17) is 33.7 Å². The first-order chi connectivity index (χ1) is 33.5. The molecule has 3 aliphatic heterocycles. The van der Waals surface area contributed by atoms with E-state index in [1.165, 1.54) is 6.07 Å². The van der Waals surface area contributed by atoms with Crippen molar-refractivity contribution in [2.24, 2.45) is 5.73 Å². The van der Waals surface area contributed by atoms with Gasteiger partial charge in [-0.1, -0.05) is 40.5 Å². The summed E-state index contributed by atoms with van der Waals surface area (Å²) in [6, 6.07) is 12.3. The number of aromatic amines is 1. The monoisotopic (exact) mass is 986 g/mol. The molecular weight excluding hydrogens is 928 g/mol. The minimum Gasteiger partial charge on any atom is -0.376 e. The number of hydrogen-bond acceptors (Lipinski definition) is 15. The SMILES string of the molecule is NC1(C(=O)N[C@@H](CCN2CCN(C(=O)CN3CCC(OCCNC(=O)c4ccc(NC(=O)CNCCn5ccnn5)c(Cl)n4)CC3)CC2)c2ccc(Cl)cc2)CCN(c2ncnc3[nH]ccc23)CC1. The molecule has 4 aromatic heterocycles. The second kappa shape index (κ2) is 23.7. The number of aromatic nitrogens is 7. The predicted octanol–water partition coefficient (Wildman–Crippen LogP) is 2.08. The average Bonchev–Trinajstić information content (AvgIpc) is 4.08. The second-order valence-electron chi connectivity index (χ2n) is 17.7. The Morgan fingerprint density at radius 2 is 1.68 bits per heavy atom. The maximum atomic E-state index is 13.9. The summed E-state index contributed by atoms with van der Waals surface area (Å²) in [7, 11) is 0. The third-order valence-corrected chi connectivity index (χ3v) is 13.6. The molecule has 1 aromatic carbocycles. The molecule has 0 bridgehead atoms. The first-order valence-corrected chi connectivity index (χ1v) is 24.3. The van der Waals surface area contributed by atoms with E-state index in [1.807, 2.05) is 41.4 Å². The third kappa shape index (κ3) is 13.5. The number of anilines is 2. The summed E-state index contributed by atoms with van der Waals surface area (Å²) in [6.07, 6.45) is 9.96. The Labute approximate surface area is 410 Å². The molecule has 0 unspecified atom stereocenters. The van der Waals surface area contributed by atoms with Crippen LogP contribution >= 0.6 is 23.2 Å². The minimum atomic E-state index is -1.02. The fourth-order valence-electron chi connectivity index (χ4n) is 8.91. The summed E-state index contributed by atoms with van der Waals surface area (Å²) in [5.74, 6) is 0.0918. The van der Waals surface area contributed by atoms with Crippen LogP contribution in [0.3, 0.4) is 0 Å². The van der Waals surface area contributed by atoms with Crippen LogP contribution in [0.5, 0.6) is 0 Å². The van der Waals surface area contributed by atoms with Gasteiger partial charge in [0.05, 0.1) is 61.2 Å². The van der Waals surface area contributed by atoms with Gasteiger partial charge in [0.2, 0.25) is 17.7 Å². The lowest BCUT2D eigenvalue weighted by Crippen LogP contribution is -2.60. The number of ether oxygens (including phenoxy) is 1. The largest absolute Gasteiger partial charge is 0.376 e. The van der Waals surface area contributed by atoms with E-state index in [9.17, 15) is 19.2 Å². The highest BCUT2D eigenvalue weighted by Gasteiger charge is 2.39. The Hall–Kier alpha value is -5.81. The van der Waals surface area contributed by atoms with Gasteiger partial charge in [0.1, 0.15) is 23.5 Å². The molecule has 7 heterocycles. The Morgan fingerprint density at radius 3 is 2.42 bits per heavy atom. The van der Waals surface area contributed by atoms with Crippen molar-refractivity contribution < 1.29 is 23.9 Å². The molecule has 7 N–H and O–H groups in total. The molecule has 4 amide bonds. The summed E-state index contributed by atoms with van der Waals surface area (Å²) in [4.78, 5) is 77.2. The van der Waals surface area contributed by atoms with E-state index < -0.39 is 11.4 Å². The number of likely N-dealkylation sites (tertiary alicyclic amines) is 1. The number of halogens is 2. The molecule has 21 nitrogen and oxygen atoms in total. The number of piperidine rings is 2. The van der Waals surface area contributed by atoms with Crippen LogP contribution in [0.1, 0.15) is 54.2 Å². The number of amides is 4. The molecule has 368 valence electrons. The summed E-state index contributed by atoms with van der Waals surface area (Å²) in [5.41, 5.74) is 7.99. The minimum absolute atomic E-state index is 0.00848. The van der Waals surface area contributed by atoms with E-state index in [0.717, 1.165) is 68.0 Å². The van der Waals surface area contributed by atoms with Crippen molar-refractivity contribution in [3.05, 3.63) is 88.8 Å². The lowest BCUT2D eigenvalue weighted by Gasteiger charge is -2.40. The maximum absolute atomic E-state index is 13.9. The Kier molecular flexibility index (Phi) is 17.0. The summed E-state index contributed by atoms with van der Waals surface area (Å²) >= 11 is 12.5. The first kappa shape index (κ1) is 49.6. The highest BCUT2D eigenvalue weighted by atomic mass is 35.5. The lowest BCUT2D eigenvalue weighted by molar-refractivity contribution is -0.135. The van der Waals surface area contributed by atoms with Crippen molar-refractivity contribution in [1.82, 2.24) is 65.6 Å². The smallest absolute Gasteiger partial charge is 0.270 e. The number of piperazine rings is 1. The van der Waals surface area contributed by atoms with Crippen LogP contribution in [-0.4, -0.2) is 177 Å². The van der Waals surface area contributed by atoms with Crippen LogP contribution in [0.15, 0.2) is 67.4 Å². The summed E-state index contributed by atoms with van der Waals surface area (Å²) in [5, 5.41) is 21.0. The van der Waals surface area contributed by atoms with Crippen LogP contribution in [0.4, 0.5) is 11.5 Å². The summed E-state index contributed by atoms with van der Waals surface area (Å²) in [6.45, 7) is 8.31. The number of carbonyl (C=O) groups excluding carboxylic acids is 4. The van der Waals surface area contributed by atoms with E-state index in [2.05, 4.69) is 66.2 Å². The van der Waals surface area contributed by atoms with E-state index in [0.29, 0.717) is 82.4 Å². The van der Waals surface area contributed by atoms with Crippen molar-refractivity contribution in [2.75, 3.05) is 102 Å². The van der Waals surface area contributed by atoms with Gasteiger partial charge in [-0.25, -0.2) is 15.0 Å². The Bertz CT molecular complexity index is 2490. The molecule has 0 saturated carbocycles. The van der Waals surface area contributed by atoms with Gasteiger partial charge in [-0.2, -0.15) is 0 Å². The Balaban J connectivity index is 0.702. The van der Waals surface area contributed by atoms with Crippen LogP contribution in [0.2, 0.25) is 10.2 Å². The van der Waals surface area contributed by atoms with Crippen molar-refractivity contribution in [2.45, 2.75) is 56.3 Å². The van der Waals surface area contributed by atoms with Gasteiger partial charge in [-0.3, -0.25) is 33.7 Å². The molecule has 5 aromatic rings. The molecule has 69 heavy (non-hydrogen) atoms. The molecule has 0 radical (unpaired) electrons. The second-order valence-corrected chi connectivity index (χ2v) is 18.5. The molecule has 1 atom stereocenters. The lowest BCUT2D eigenvalue weighted by atomic mass is 9.87. The molecule has 3 fully saturated rings. The number of nitrogens with two attached hydrogens (primary N) is 1. The normalized spacial score (nSPS) is 17.4. The predicted molar refractivity (Wildman–Crippen MR) is 261 cm³/mol. The molecule has 23 heteroatoms. The van der Waals surface area contributed by atoms with Crippen LogP contribution < -0.4 is 31.9 Å². The average molecular weight is 988 g/mol. The number of H-pyrrole nitrogens is 1. The van der Waals surface area contributed by atoms with Crippen molar-refractivity contribution in [3.63, 3.8) is 0 Å². The highest BCUT2D eigenvalue weighted by Crippen LogP contribution is 2.30. The zero-order valence-corrected chi connectivity index (χ0v) is 40.0. The van der Waals surface area contributed by atoms with Gasteiger partial charge >= 0.3 is 0 Å². The highest BCUT2D eigenvalue weighted by molar-refractivity contribution is 6.32. The number of hydrogen-bond donors (Lipinski definition) is 6. The first-order valence-electron chi connectivity index (χ1n) is 23.5. The van der Waals surface area contributed by atoms with Crippen LogP contribution in [-0.2, 0) is 25.7 Å². The number of fused-ring (bicyclic) bond motifs is 1. The number of nitrogens with zero attached hydrogens (tertiary/aromatic N) is 10. The van der Waals surface area contributed by atoms with Gasteiger partial charge in [-0.15, -0.1) is 5.10 Å². The molecule has 3 saturated heterocycles. The van der Waals surface area contributed by atoms with Crippen molar-refractivity contribution in [1.29, 1.82) is 0 Å². The van der Waals surface area contributed by atoms with E-state index in [-0.39, 0.29) is 53.8 Å². The number of rotatable bonds is 20. The zero-order chi connectivity index (χ0) is 48.2. The summed E-state index contributed by atoms with van der Waals surface area (Å²) < 4.78 is 7.72. The molecule has 3 aliphatic rings. The fraction of sp³-hybridized carbons (Fsp3) is 0.500. The van der Waals surface area contributed by atoms with E-state index in [1.54, 1.807) is 29.5 Å². The fourth-order valence-corrected chi connectivity index (χ4v) is 9.24. The van der Waals surface area contributed by atoms with Gasteiger partial charge in [0, 0.05) is 89.4 Å². The van der Waals surface area contributed by atoms with Gasteiger partial charge in [-0.05, 0) is 68.0 Å². The van der Waals surface area contributed by atoms with Gasteiger partial charge in [0.15, 0.2) is 5.15 Å². The van der Waals surface area contributed by atoms with Gasteiger partial charge < -0.3 is 46.5 Å². The standard InChI is InChI=1S/C46H60Cl2N16O5/c47-33-3-1-32(2-4-33)36(58-45(68)46(49)11-20-63(21-12-46)43-35-7-13-51-42(35)53-31-54-43)10-19-60-24-26-62(27-25-60)40(66)30-61-17-8-34(9-18-61)69-28-16-52-44(67)38-6-5-37(41(48)57-38)56-39(65)29-50-14-22-64-23-15-55-59-64/h1-7,13,15,23,31,34,36,50H,8-12,14,16-22,24-30,49H2,(H,52,67)(H,56,65)(H,58,68)(H,51,53,54)/t36-/m0/s1. The quantitative estimate of drug-likeness (QED) is 0.0483. The third-order valence-electron chi connectivity index (χ3n) is 13.0. The molecular formula is C46H60Cl2N16O5. The molecule has 0 spiro atoms. The number of nitrogens with one attached hydrogen (secondary N) is 5. The Morgan fingerprint density at radius 1 is 0.899 bits per heavy atom. The number of pyridine rings is 1. The van der Waals surface area contributed by atoms with Crippen molar-refractivity contribution >= 4 is 69.4 Å². The van der Waals surface area contributed by atoms with Crippen molar-refractivity contribution in [3.8, 4) is 0 Å². The van der Waals surface area contributed by atoms with Crippen LogP contribution in [0, 0.1) is 0 Å².